The van der Waals surface area contributed by atoms with Gasteiger partial charge in [-0.05, 0) is 86.7 Å². The van der Waals surface area contributed by atoms with E-state index in [1.165, 1.54) is 0 Å². The molecule has 3 heterocycles. The molecule has 6 rings (SSSR count). The van der Waals surface area contributed by atoms with Gasteiger partial charge in [0.25, 0.3) is 5.91 Å². The van der Waals surface area contributed by atoms with E-state index in [4.69, 9.17) is 32.9 Å². The average Bonchev–Trinajstić information content (AvgIpc) is 3.52. The minimum atomic E-state index is -1.08. The van der Waals surface area contributed by atoms with Gasteiger partial charge in [0.1, 0.15) is 23.4 Å². The number of piperazine rings is 1. The molecule has 3 amide bonds. The molecule has 0 spiro atoms. The lowest BCUT2D eigenvalue weighted by molar-refractivity contribution is 0.0723. The molecule has 254 valence electrons. The van der Waals surface area contributed by atoms with Gasteiger partial charge in [0.15, 0.2) is 0 Å². The first kappa shape index (κ1) is 34.6. The van der Waals surface area contributed by atoms with Crippen LogP contribution in [0.4, 0.5) is 4.79 Å². The van der Waals surface area contributed by atoms with E-state index in [9.17, 15) is 14.1 Å². The molecule has 3 aromatic rings. The lowest BCUT2D eigenvalue weighted by Gasteiger charge is -2.38. The second-order valence-corrected chi connectivity index (χ2v) is 14.7. The summed E-state index contributed by atoms with van der Waals surface area (Å²) in [6.07, 6.45) is 3.12. The maximum absolute atomic E-state index is 14.8. The molecule has 2 fully saturated rings. The van der Waals surface area contributed by atoms with E-state index in [2.05, 4.69) is 0 Å². The Hall–Kier alpha value is -3.28. The number of aliphatic imine (C=N–C) groups is 1. The molecule has 1 unspecified atom stereocenters. The number of halogens is 2. The Labute approximate surface area is 295 Å². The highest BCUT2D eigenvalue weighted by atomic mass is 35.5. The maximum Gasteiger partial charge on any atom is 0.326 e. The zero-order valence-corrected chi connectivity index (χ0v) is 29.6. The Morgan fingerprint density at radius 1 is 0.833 bits per heavy atom. The highest BCUT2D eigenvalue weighted by molar-refractivity contribution is 7.89. The first-order chi connectivity index (χ1) is 23.3. The highest BCUT2D eigenvalue weighted by Crippen LogP contribution is 2.45. The van der Waals surface area contributed by atoms with Crippen molar-refractivity contribution in [3.05, 3.63) is 99.0 Å². The van der Waals surface area contributed by atoms with Gasteiger partial charge in [-0.1, -0.05) is 47.5 Å². The zero-order valence-electron chi connectivity index (χ0n) is 27.3. The Kier molecular flexibility index (Phi) is 11.2. The van der Waals surface area contributed by atoms with Gasteiger partial charge in [0, 0.05) is 53.1 Å². The number of piperidine rings is 1. The summed E-state index contributed by atoms with van der Waals surface area (Å²) in [6, 6.07) is 19.3. The number of likely N-dealkylation sites (tertiary alicyclic amines) is 1. The van der Waals surface area contributed by atoms with Crippen molar-refractivity contribution < 1.29 is 18.9 Å². The average molecular weight is 711 g/mol. The molecule has 3 aromatic carbocycles. The number of amidine groups is 1. The van der Waals surface area contributed by atoms with Crippen molar-refractivity contribution in [3.8, 4) is 5.75 Å². The summed E-state index contributed by atoms with van der Waals surface area (Å²) in [5.74, 6) is 1.46. The topological polar surface area (TPSA) is 91.8 Å². The van der Waals surface area contributed by atoms with E-state index in [0.717, 1.165) is 43.5 Å². The van der Waals surface area contributed by atoms with Crippen LogP contribution in [0.15, 0.2) is 71.7 Å². The molecule has 3 aliphatic heterocycles. The van der Waals surface area contributed by atoms with Crippen LogP contribution in [-0.4, -0.2) is 93.0 Å². The number of nitrogens with zero attached hydrogens (tertiary/aromatic N) is 5. The molecule has 3 aliphatic rings. The first-order valence-electron chi connectivity index (χ1n) is 16.7. The molecule has 9 nitrogen and oxygen atoms in total. The third kappa shape index (κ3) is 7.33. The van der Waals surface area contributed by atoms with Crippen LogP contribution in [0.3, 0.4) is 0 Å². The van der Waals surface area contributed by atoms with Crippen LogP contribution in [0, 0.1) is 0 Å². The minimum Gasteiger partial charge on any atom is -0.598 e. The Bertz CT molecular complexity index is 1630. The first-order valence-corrected chi connectivity index (χ1v) is 18.7. The smallest absolute Gasteiger partial charge is 0.326 e. The summed E-state index contributed by atoms with van der Waals surface area (Å²) in [6.45, 7) is 7.52. The van der Waals surface area contributed by atoms with Crippen molar-refractivity contribution in [3.63, 3.8) is 0 Å². The predicted octanol–water partition coefficient (Wildman–Crippen LogP) is 6.98. The summed E-state index contributed by atoms with van der Waals surface area (Å²) < 4.78 is 20.7. The number of urea groups is 1. The molecule has 0 N–H and O–H groups in total. The summed E-state index contributed by atoms with van der Waals surface area (Å²) in [5, 5.41) is 1.19. The van der Waals surface area contributed by atoms with Crippen LogP contribution in [0.2, 0.25) is 10.0 Å². The van der Waals surface area contributed by atoms with Crippen molar-refractivity contribution in [1.82, 2.24) is 19.0 Å². The molecular weight excluding hydrogens is 669 g/mol. The minimum absolute atomic E-state index is 0.0242. The summed E-state index contributed by atoms with van der Waals surface area (Å²) in [5.41, 5.74) is 2.93. The predicted molar refractivity (Wildman–Crippen MR) is 191 cm³/mol. The summed E-state index contributed by atoms with van der Waals surface area (Å²) >= 11 is 11.5. The van der Waals surface area contributed by atoms with Gasteiger partial charge in [0.05, 0.1) is 31.3 Å². The van der Waals surface area contributed by atoms with E-state index in [0.29, 0.717) is 71.3 Å². The monoisotopic (exact) mass is 709 g/mol. The highest BCUT2D eigenvalue weighted by Gasteiger charge is 2.45. The van der Waals surface area contributed by atoms with Gasteiger partial charge in [-0.15, -0.1) is 4.31 Å². The van der Waals surface area contributed by atoms with Gasteiger partial charge in [-0.25, -0.2) is 4.79 Å². The quantitative estimate of drug-likeness (QED) is 0.235. The van der Waals surface area contributed by atoms with Gasteiger partial charge in [0.2, 0.25) is 0 Å². The van der Waals surface area contributed by atoms with Crippen LogP contribution >= 0.6 is 23.2 Å². The Balaban J connectivity index is 1.45. The van der Waals surface area contributed by atoms with Crippen molar-refractivity contribution in [1.29, 1.82) is 0 Å². The maximum atomic E-state index is 14.8. The van der Waals surface area contributed by atoms with E-state index in [-0.39, 0.29) is 11.9 Å². The SMILES string of the molecule is CCOc1cc(C(=O)N2CCCCC2)ccc1C1=N[C@@H](c2ccc(Cl)cc2)[C@@H](c2ccc(Cl)cc2)N1C(=O)N1CCN([S+]([O-])CC)CC1. The molecule has 0 aromatic heterocycles. The number of amides is 3. The number of benzene rings is 3. The number of hydrogen-bond acceptors (Lipinski definition) is 6. The largest absolute Gasteiger partial charge is 0.598 e. The number of ether oxygens (including phenoxy) is 1. The lowest BCUT2D eigenvalue weighted by atomic mass is 9.93. The van der Waals surface area contributed by atoms with Gasteiger partial charge in [-0.2, -0.15) is 0 Å². The molecule has 12 heteroatoms. The number of carbonyl (C=O) groups excluding carboxylic acids is 2. The number of hydrogen-bond donors (Lipinski definition) is 0. The third-order valence-electron chi connectivity index (χ3n) is 9.15. The summed E-state index contributed by atoms with van der Waals surface area (Å²) in [7, 11) is 0. The van der Waals surface area contributed by atoms with Crippen molar-refractivity contribution >= 4 is 52.3 Å². The van der Waals surface area contributed by atoms with E-state index >= 15 is 0 Å². The van der Waals surface area contributed by atoms with Crippen molar-refractivity contribution in [2.75, 3.05) is 51.6 Å². The fourth-order valence-corrected chi connectivity index (χ4v) is 7.85. The normalized spacial score (nSPS) is 20.9. The van der Waals surface area contributed by atoms with Gasteiger partial charge in [-0.3, -0.25) is 14.7 Å². The molecule has 0 radical (unpaired) electrons. The summed E-state index contributed by atoms with van der Waals surface area (Å²) in [4.78, 5) is 39.1. The van der Waals surface area contributed by atoms with Crippen LogP contribution < -0.4 is 4.74 Å². The fraction of sp³-hybridized carbons (Fsp3) is 0.417. The molecule has 0 aliphatic carbocycles. The molecule has 0 bridgehead atoms. The second-order valence-electron chi connectivity index (χ2n) is 12.1. The Morgan fingerprint density at radius 3 is 2.06 bits per heavy atom. The van der Waals surface area contributed by atoms with Gasteiger partial charge >= 0.3 is 6.03 Å². The third-order valence-corrected chi connectivity index (χ3v) is 11.1. The second kappa shape index (κ2) is 15.5. The molecule has 0 saturated carbocycles. The molecule has 3 atom stereocenters. The van der Waals surface area contributed by atoms with E-state index in [1.54, 1.807) is 15.9 Å². The fourth-order valence-electron chi connectivity index (χ4n) is 6.67. The molecular formula is C36H41Cl2N5O4S. The van der Waals surface area contributed by atoms with Crippen molar-refractivity contribution in [2.45, 2.75) is 45.2 Å². The van der Waals surface area contributed by atoms with E-state index in [1.807, 2.05) is 83.7 Å². The number of rotatable bonds is 8. The Morgan fingerprint density at radius 2 is 1.46 bits per heavy atom. The van der Waals surface area contributed by atoms with Crippen molar-refractivity contribution in [2.24, 2.45) is 4.99 Å². The van der Waals surface area contributed by atoms with Gasteiger partial charge < -0.3 is 19.1 Å². The standard InChI is InChI=1S/C36H41Cl2N5O4S/c1-3-47-31-24-27(35(44)40-18-6-5-7-19-40)12-17-30(31)34-39-32(25-8-13-28(37)14-9-25)33(26-10-15-29(38)16-11-26)43(34)36(45)41-20-22-42(23-21-41)48(46)4-2/h8-17,24,32-33H,3-7,18-23H2,1-2H3/t32-,33+,48?/m0/s1. The van der Waals surface area contributed by atoms with Crippen LogP contribution in [0.1, 0.15) is 72.2 Å². The van der Waals surface area contributed by atoms with E-state index < -0.39 is 23.4 Å². The van der Waals surface area contributed by atoms with Crippen LogP contribution in [0.5, 0.6) is 5.75 Å². The lowest BCUT2D eigenvalue weighted by Crippen LogP contribution is -2.55. The zero-order chi connectivity index (χ0) is 33.8. The number of carbonyl (C=O) groups is 2. The van der Waals surface area contributed by atoms with Crippen LogP contribution in [-0.2, 0) is 11.4 Å². The van der Waals surface area contributed by atoms with Crippen LogP contribution in [0.25, 0.3) is 0 Å². The molecule has 2 saturated heterocycles. The molecule has 48 heavy (non-hydrogen) atoms.